The van der Waals surface area contributed by atoms with Crippen molar-refractivity contribution in [2.45, 2.75) is 6.54 Å². The number of aliphatic hydroxyl groups excluding tert-OH is 1. The maximum atomic E-state index is 11.4. The number of likely N-dealkylation sites (N-methyl/N-ethyl adjacent to an activating group) is 1. The Bertz CT molecular complexity index is 447. The first kappa shape index (κ1) is 15.1. The van der Waals surface area contributed by atoms with E-state index < -0.39 is 6.61 Å². The lowest BCUT2D eigenvalue weighted by atomic mass is 10.1. The highest BCUT2D eigenvalue weighted by Gasteiger charge is 2.15. The Labute approximate surface area is 112 Å². The zero-order valence-electron chi connectivity index (χ0n) is 11.6. The minimum absolute atomic E-state index is 0.308. The molecule has 0 aliphatic carbocycles. The van der Waals surface area contributed by atoms with E-state index in [1.165, 1.54) is 12.0 Å². The van der Waals surface area contributed by atoms with E-state index in [1.807, 2.05) is 0 Å². The predicted octanol–water partition coefficient (Wildman–Crippen LogP) is 0.663. The van der Waals surface area contributed by atoms with E-state index >= 15 is 0 Å². The largest absolute Gasteiger partial charge is 0.496 e. The van der Waals surface area contributed by atoms with Gasteiger partial charge in [0.2, 0.25) is 5.91 Å². The molecular formula is C13H19NO5. The molecule has 0 atom stereocenters. The number of benzene rings is 1. The lowest BCUT2D eigenvalue weighted by Crippen LogP contribution is -2.28. The topological polar surface area (TPSA) is 68.2 Å². The molecule has 0 saturated carbocycles. The van der Waals surface area contributed by atoms with Crippen molar-refractivity contribution in [2.75, 3.05) is 35.0 Å². The Morgan fingerprint density at radius 3 is 2.11 bits per heavy atom. The summed E-state index contributed by atoms with van der Waals surface area (Å²) in [6.07, 6.45) is 0. The third kappa shape index (κ3) is 3.51. The molecule has 1 aromatic carbocycles. The van der Waals surface area contributed by atoms with Crippen molar-refractivity contribution in [1.82, 2.24) is 4.90 Å². The van der Waals surface area contributed by atoms with Gasteiger partial charge in [-0.05, 0) is 6.07 Å². The molecule has 6 nitrogen and oxygen atoms in total. The molecule has 1 N–H and O–H groups in total. The minimum atomic E-state index is -0.522. The van der Waals surface area contributed by atoms with Crippen molar-refractivity contribution in [3.05, 3.63) is 17.7 Å². The summed E-state index contributed by atoms with van der Waals surface area (Å²) in [4.78, 5) is 12.8. The molecule has 0 bridgehead atoms. The van der Waals surface area contributed by atoms with Crippen molar-refractivity contribution in [2.24, 2.45) is 0 Å². The zero-order valence-corrected chi connectivity index (χ0v) is 11.6. The number of aliphatic hydroxyl groups is 1. The lowest BCUT2D eigenvalue weighted by Gasteiger charge is -2.19. The van der Waals surface area contributed by atoms with Gasteiger partial charge in [-0.3, -0.25) is 4.79 Å². The highest BCUT2D eigenvalue weighted by Crippen LogP contribution is 2.35. The number of hydrogen-bond acceptors (Lipinski definition) is 5. The van der Waals surface area contributed by atoms with Gasteiger partial charge in [0.1, 0.15) is 12.4 Å². The van der Waals surface area contributed by atoms with E-state index in [1.54, 1.807) is 33.4 Å². The number of carbonyl (C=O) groups is 1. The highest BCUT2D eigenvalue weighted by atomic mass is 16.5. The molecule has 0 aromatic heterocycles. The Morgan fingerprint density at radius 1 is 1.11 bits per heavy atom. The average Bonchev–Trinajstić information content (AvgIpc) is 2.45. The first-order chi connectivity index (χ1) is 9.07. The van der Waals surface area contributed by atoms with Crippen LogP contribution in [0, 0.1) is 0 Å². The van der Waals surface area contributed by atoms with Crippen molar-refractivity contribution in [3.63, 3.8) is 0 Å². The second-order valence-corrected chi connectivity index (χ2v) is 3.93. The van der Waals surface area contributed by atoms with Crippen LogP contribution in [0.5, 0.6) is 17.2 Å². The molecule has 19 heavy (non-hydrogen) atoms. The van der Waals surface area contributed by atoms with Crippen LogP contribution >= 0.6 is 0 Å². The highest BCUT2D eigenvalue weighted by molar-refractivity contribution is 5.77. The van der Waals surface area contributed by atoms with Crippen LogP contribution < -0.4 is 14.2 Å². The van der Waals surface area contributed by atoms with Crippen LogP contribution in [0.2, 0.25) is 0 Å². The standard InChI is InChI=1S/C13H19NO5/c1-14(13(16)8-15)7-9-5-11(18-3)12(19-4)6-10(9)17-2/h5-6,15H,7-8H2,1-4H3. The fraction of sp³-hybridized carbons (Fsp3) is 0.462. The first-order valence-electron chi connectivity index (χ1n) is 5.71. The summed E-state index contributed by atoms with van der Waals surface area (Å²) < 4.78 is 15.7. The Morgan fingerprint density at radius 2 is 1.63 bits per heavy atom. The average molecular weight is 269 g/mol. The van der Waals surface area contributed by atoms with Gasteiger partial charge in [-0.1, -0.05) is 0 Å². The van der Waals surface area contributed by atoms with E-state index in [2.05, 4.69) is 0 Å². The summed E-state index contributed by atoms with van der Waals surface area (Å²) in [5, 5.41) is 8.83. The number of amides is 1. The molecule has 0 fully saturated rings. The number of methoxy groups -OCH3 is 3. The third-order valence-electron chi connectivity index (χ3n) is 2.76. The van der Waals surface area contributed by atoms with Crippen molar-refractivity contribution in [3.8, 4) is 17.2 Å². The molecule has 0 unspecified atom stereocenters. The Hall–Kier alpha value is -1.95. The van der Waals surface area contributed by atoms with Crippen LogP contribution in [-0.2, 0) is 11.3 Å². The second-order valence-electron chi connectivity index (χ2n) is 3.93. The van der Waals surface area contributed by atoms with Crippen LogP contribution in [0.25, 0.3) is 0 Å². The fourth-order valence-electron chi connectivity index (χ4n) is 1.68. The summed E-state index contributed by atoms with van der Waals surface area (Å²) >= 11 is 0. The Kier molecular flexibility index (Phi) is 5.44. The SMILES string of the molecule is COc1cc(OC)c(OC)cc1CN(C)C(=O)CO. The van der Waals surface area contributed by atoms with Gasteiger partial charge in [0, 0.05) is 25.2 Å². The third-order valence-corrected chi connectivity index (χ3v) is 2.76. The normalized spacial score (nSPS) is 9.95. The number of rotatable bonds is 6. The first-order valence-corrected chi connectivity index (χ1v) is 5.71. The van der Waals surface area contributed by atoms with Crippen molar-refractivity contribution >= 4 is 5.91 Å². The Balaban J connectivity index is 3.08. The van der Waals surface area contributed by atoms with E-state index in [0.717, 1.165) is 5.56 Å². The van der Waals surface area contributed by atoms with Gasteiger partial charge >= 0.3 is 0 Å². The number of hydrogen-bond donors (Lipinski definition) is 1. The van der Waals surface area contributed by atoms with E-state index in [0.29, 0.717) is 23.8 Å². The maximum absolute atomic E-state index is 11.4. The zero-order chi connectivity index (χ0) is 14.4. The van der Waals surface area contributed by atoms with Crippen LogP contribution in [0.4, 0.5) is 0 Å². The monoisotopic (exact) mass is 269 g/mol. The van der Waals surface area contributed by atoms with Gasteiger partial charge < -0.3 is 24.2 Å². The van der Waals surface area contributed by atoms with Crippen LogP contribution in [-0.4, -0.2) is 50.9 Å². The quantitative estimate of drug-likeness (QED) is 0.821. The van der Waals surface area contributed by atoms with Gasteiger partial charge in [0.25, 0.3) is 0 Å². The molecule has 0 radical (unpaired) electrons. The van der Waals surface area contributed by atoms with Gasteiger partial charge in [-0.15, -0.1) is 0 Å². The summed E-state index contributed by atoms with van der Waals surface area (Å²) in [6, 6.07) is 3.45. The maximum Gasteiger partial charge on any atom is 0.248 e. The lowest BCUT2D eigenvalue weighted by molar-refractivity contribution is -0.133. The molecule has 6 heteroatoms. The van der Waals surface area contributed by atoms with Crippen LogP contribution in [0.15, 0.2) is 12.1 Å². The smallest absolute Gasteiger partial charge is 0.248 e. The van der Waals surface area contributed by atoms with Crippen LogP contribution in [0.3, 0.4) is 0 Å². The van der Waals surface area contributed by atoms with Crippen molar-refractivity contribution in [1.29, 1.82) is 0 Å². The molecule has 0 saturated heterocycles. The van der Waals surface area contributed by atoms with E-state index in [9.17, 15) is 4.79 Å². The van der Waals surface area contributed by atoms with Gasteiger partial charge in [-0.25, -0.2) is 0 Å². The van der Waals surface area contributed by atoms with Gasteiger partial charge in [0.05, 0.1) is 21.3 Å². The van der Waals surface area contributed by atoms with E-state index in [-0.39, 0.29) is 5.91 Å². The molecule has 0 aliphatic rings. The summed E-state index contributed by atoms with van der Waals surface area (Å²) in [5.74, 6) is 1.34. The molecule has 1 rings (SSSR count). The van der Waals surface area contributed by atoms with Gasteiger partial charge in [-0.2, -0.15) is 0 Å². The second kappa shape index (κ2) is 6.84. The van der Waals surface area contributed by atoms with Crippen LogP contribution in [0.1, 0.15) is 5.56 Å². The molecular weight excluding hydrogens is 250 g/mol. The fourth-order valence-corrected chi connectivity index (χ4v) is 1.68. The number of carbonyl (C=O) groups excluding carboxylic acids is 1. The number of ether oxygens (including phenoxy) is 3. The summed E-state index contributed by atoms with van der Waals surface area (Å²) in [6.45, 7) is -0.213. The van der Waals surface area contributed by atoms with Crippen molar-refractivity contribution < 1.29 is 24.1 Å². The molecule has 1 amide bonds. The minimum Gasteiger partial charge on any atom is -0.496 e. The predicted molar refractivity (Wildman–Crippen MR) is 69.7 cm³/mol. The molecule has 0 heterocycles. The summed E-state index contributed by atoms with van der Waals surface area (Å²) in [7, 11) is 6.22. The molecule has 0 aliphatic heterocycles. The molecule has 106 valence electrons. The van der Waals surface area contributed by atoms with Gasteiger partial charge in [0.15, 0.2) is 11.5 Å². The van der Waals surface area contributed by atoms with E-state index in [4.69, 9.17) is 19.3 Å². The number of nitrogens with zero attached hydrogens (tertiary/aromatic N) is 1. The molecule has 0 spiro atoms. The summed E-state index contributed by atoms with van der Waals surface area (Å²) in [5.41, 5.74) is 0.768. The molecule has 1 aromatic rings.